The van der Waals surface area contributed by atoms with Crippen LogP contribution in [0.5, 0.6) is 11.5 Å². The highest BCUT2D eigenvalue weighted by Crippen LogP contribution is 2.18. The molecular formula is C17H22N2O3S. The van der Waals surface area contributed by atoms with Crippen LogP contribution in [0.2, 0.25) is 0 Å². The average Bonchev–Trinajstić information content (AvgIpc) is 2.54. The Morgan fingerprint density at radius 1 is 0.870 bits per heavy atom. The van der Waals surface area contributed by atoms with Crippen LogP contribution in [0.15, 0.2) is 48.5 Å². The molecule has 124 valence electrons. The number of hydrogen-bond donors (Lipinski definition) is 1. The van der Waals surface area contributed by atoms with Crippen molar-refractivity contribution in [1.29, 1.82) is 4.78 Å². The molecule has 0 radical (unpaired) electrons. The molecule has 2 rings (SSSR count). The van der Waals surface area contributed by atoms with Crippen molar-refractivity contribution in [1.82, 2.24) is 4.31 Å². The Morgan fingerprint density at radius 3 is 1.48 bits per heavy atom. The second-order valence-electron chi connectivity index (χ2n) is 5.30. The molecule has 0 saturated heterocycles. The summed E-state index contributed by atoms with van der Waals surface area (Å²) in [5.41, 5.74) is 1.97. The maximum atomic E-state index is 12.3. The number of ether oxygens (including phenoxy) is 2. The molecule has 0 saturated carbocycles. The van der Waals surface area contributed by atoms with Crippen LogP contribution in [-0.4, -0.2) is 29.0 Å². The smallest absolute Gasteiger partial charge is 0.118 e. The lowest BCUT2D eigenvalue weighted by atomic mass is 10.2. The SMILES string of the molecule is COc1ccc(CN(Cc2ccc(OC)cc2)S(C)(=N)=O)cc1. The van der Waals surface area contributed by atoms with E-state index in [1.165, 1.54) is 6.26 Å². The first-order valence-electron chi connectivity index (χ1n) is 7.17. The molecule has 0 amide bonds. The minimum Gasteiger partial charge on any atom is -0.497 e. The number of hydrogen-bond acceptors (Lipinski definition) is 4. The van der Waals surface area contributed by atoms with Crippen molar-refractivity contribution in [2.45, 2.75) is 13.1 Å². The zero-order chi connectivity index (χ0) is 16.9. The molecule has 5 nitrogen and oxygen atoms in total. The van der Waals surface area contributed by atoms with Crippen LogP contribution in [0.4, 0.5) is 0 Å². The molecular weight excluding hydrogens is 312 g/mol. The van der Waals surface area contributed by atoms with Gasteiger partial charge in [-0.05, 0) is 35.4 Å². The molecule has 2 aromatic carbocycles. The summed E-state index contributed by atoms with van der Waals surface area (Å²) in [6.07, 6.45) is 1.44. The Labute approximate surface area is 138 Å². The molecule has 1 N–H and O–H groups in total. The van der Waals surface area contributed by atoms with E-state index in [2.05, 4.69) is 0 Å². The van der Waals surface area contributed by atoms with E-state index in [1.807, 2.05) is 48.5 Å². The Kier molecular flexibility index (Phi) is 5.63. The Balaban J connectivity index is 2.16. The molecule has 0 aliphatic carbocycles. The van der Waals surface area contributed by atoms with Gasteiger partial charge in [0.15, 0.2) is 0 Å². The number of rotatable bonds is 7. The summed E-state index contributed by atoms with van der Waals surface area (Å²) < 4.78 is 32.2. The third kappa shape index (κ3) is 4.97. The lowest BCUT2D eigenvalue weighted by Gasteiger charge is -2.22. The molecule has 0 bridgehead atoms. The maximum absolute atomic E-state index is 12.3. The van der Waals surface area contributed by atoms with Gasteiger partial charge in [-0.1, -0.05) is 24.3 Å². The monoisotopic (exact) mass is 334 g/mol. The first-order valence-corrected chi connectivity index (χ1v) is 9.09. The summed E-state index contributed by atoms with van der Waals surface area (Å²) in [5, 5.41) is 0. The van der Waals surface area contributed by atoms with E-state index in [9.17, 15) is 4.21 Å². The predicted molar refractivity (Wildman–Crippen MR) is 92.0 cm³/mol. The third-order valence-corrected chi connectivity index (χ3v) is 4.77. The van der Waals surface area contributed by atoms with E-state index in [0.29, 0.717) is 13.1 Å². The van der Waals surface area contributed by atoms with Crippen molar-refractivity contribution in [2.24, 2.45) is 0 Å². The minimum absolute atomic E-state index is 0.439. The fourth-order valence-electron chi connectivity index (χ4n) is 2.17. The second-order valence-corrected chi connectivity index (χ2v) is 7.42. The molecule has 0 fully saturated rings. The lowest BCUT2D eigenvalue weighted by Crippen LogP contribution is -2.28. The van der Waals surface area contributed by atoms with Gasteiger partial charge in [-0.2, -0.15) is 0 Å². The zero-order valence-electron chi connectivity index (χ0n) is 13.6. The third-order valence-electron chi connectivity index (χ3n) is 3.53. The first-order chi connectivity index (χ1) is 10.9. The Bertz CT molecular complexity index is 676. The van der Waals surface area contributed by atoms with E-state index < -0.39 is 9.92 Å². The molecule has 0 aliphatic heterocycles. The van der Waals surface area contributed by atoms with Crippen LogP contribution in [0.1, 0.15) is 11.1 Å². The van der Waals surface area contributed by atoms with Crippen LogP contribution in [0.25, 0.3) is 0 Å². The molecule has 6 heteroatoms. The standard InChI is InChI=1S/C17H22N2O3S/c1-21-16-8-4-14(5-9-16)12-19(23(3,18)20)13-15-6-10-17(22-2)11-7-15/h4-11,18H,12-13H2,1-3H3. The fourth-order valence-corrected chi connectivity index (χ4v) is 2.96. The largest absolute Gasteiger partial charge is 0.497 e. The summed E-state index contributed by atoms with van der Waals surface area (Å²) in [4.78, 5) is 0. The fraction of sp³-hybridized carbons (Fsp3) is 0.294. The van der Waals surface area contributed by atoms with Crippen LogP contribution in [0.3, 0.4) is 0 Å². The highest BCUT2D eigenvalue weighted by atomic mass is 32.2. The number of benzene rings is 2. The zero-order valence-corrected chi connectivity index (χ0v) is 14.4. The second kappa shape index (κ2) is 7.48. The summed E-state index contributed by atoms with van der Waals surface area (Å²) in [7, 11) is 0.416. The van der Waals surface area contributed by atoms with E-state index in [0.717, 1.165) is 22.6 Å². The molecule has 0 heterocycles. The Morgan fingerprint density at radius 2 is 1.22 bits per heavy atom. The van der Waals surface area contributed by atoms with Crippen molar-refractivity contribution >= 4 is 9.92 Å². The van der Waals surface area contributed by atoms with Gasteiger partial charge in [0, 0.05) is 19.3 Å². The highest BCUT2D eigenvalue weighted by Gasteiger charge is 2.15. The molecule has 0 aliphatic rings. The topological polar surface area (TPSA) is 62.6 Å². The highest BCUT2D eigenvalue weighted by molar-refractivity contribution is 7.89. The van der Waals surface area contributed by atoms with Crippen molar-refractivity contribution in [3.05, 3.63) is 59.7 Å². The van der Waals surface area contributed by atoms with E-state index in [-0.39, 0.29) is 0 Å². The summed E-state index contributed by atoms with van der Waals surface area (Å²) in [6.45, 7) is 0.879. The summed E-state index contributed by atoms with van der Waals surface area (Å²) in [6, 6.07) is 15.1. The van der Waals surface area contributed by atoms with Gasteiger partial charge in [0.05, 0.1) is 14.2 Å². The molecule has 0 spiro atoms. The van der Waals surface area contributed by atoms with Crippen LogP contribution in [0, 0.1) is 4.78 Å². The molecule has 23 heavy (non-hydrogen) atoms. The normalized spacial score (nSPS) is 13.6. The number of methoxy groups -OCH3 is 2. The van der Waals surface area contributed by atoms with Crippen molar-refractivity contribution in [3.63, 3.8) is 0 Å². The number of nitrogens with one attached hydrogen (secondary N) is 1. The van der Waals surface area contributed by atoms with Crippen LogP contribution in [-0.2, 0) is 23.0 Å². The number of nitrogens with zero attached hydrogens (tertiary/aromatic N) is 1. The van der Waals surface area contributed by atoms with Gasteiger partial charge in [0.2, 0.25) is 0 Å². The van der Waals surface area contributed by atoms with Gasteiger partial charge < -0.3 is 9.47 Å². The lowest BCUT2D eigenvalue weighted by molar-refractivity contribution is 0.411. The van der Waals surface area contributed by atoms with Crippen molar-refractivity contribution < 1.29 is 13.7 Å². The van der Waals surface area contributed by atoms with Crippen LogP contribution < -0.4 is 9.47 Å². The van der Waals surface area contributed by atoms with E-state index >= 15 is 0 Å². The average molecular weight is 334 g/mol. The van der Waals surface area contributed by atoms with Gasteiger partial charge in [-0.15, -0.1) is 0 Å². The molecule has 0 aromatic heterocycles. The molecule has 1 unspecified atom stereocenters. The van der Waals surface area contributed by atoms with E-state index in [4.69, 9.17) is 14.3 Å². The first kappa shape index (κ1) is 17.3. The summed E-state index contributed by atoms with van der Waals surface area (Å²) >= 11 is 0. The van der Waals surface area contributed by atoms with Gasteiger partial charge in [0.1, 0.15) is 21.4 Å². The molecule has 2 aromatic rings. The summed E-state index contributed by atoms with van der Waals surface area (Å²) in [5.74, 6) is 1.55. The van der Waals surface area contributed by atoms with Gasteiger partial charge in [-0.25, -0.2) is 13.3 Å². The van der Waals surface area contributed by atoms with Gasteiger partial charge in [0.25, 0.3) is 0 Å². The van der Waals surface area contributed by atoms with Gasteiger partial charge >= 0.3 is 0 Å². The maximum Gasteiger partial charge on any atom is 0.118 e. The molecule has 1 atom stereocenters. The van der Waals surface area contributed by atoms with Crippen molar-refractivity contribution in [3.8, 4) is 11.5 Å². The quantitative estimate of drug-likeness (QED) is 0.845. The van der Waals surface area contributed by atoms with E-state index in [1.54, 1.807) is 18.5 Å². The van der Waals surface area contributed by atoms with Crippen LogP contribution >= 0.6 is 0 Å². The Hall–Kier alpha value is -2.05. The van der Waals surface area contributed by atoms with Gasteiger partial charge in [-0.3, -0.25) is 0 Å². The minimum atomic E-state index is -2.82. The predicted octanol–water partition coefficient (Wildman–Crippen LogP) is 3.30. The van der Waals surface area contributed by atoms with Crippen molar-refractivity contribution in [2.75, 3.05) is 20.5 Å².